The second-order valence-electron chi connectivity index (χ2n) is 3.93. The summed E-state index contributed by atoms with van der Waals surface area (Å²) in [5, 5.41) is 7.28. The van der Waals surface area contributed by atoms with Crippen LogP contribution in [0.25, 0.3) is 0 Å². The molecular weight excluding hydrogens is 248 g/mol. The highest BCUT2D eigenvalue weighted by Gasteiger charge is 2.08. The third kappa shape index (κ3) is 3.22. The zero-order valence-electron chi connectivity index (χ0n) is 10.3. The highest BCUT2D eigenvalue weighted by atomic mass is 32.2. The van der Waals surface area contributed by atoms with Gasteiger partial charge < -0.3 is 0 Å². The van der Waals surface area contributed by atoms with E-state index in [-0.39, 0.29) is 5.69 Å². The van der Waals surface area contributed by atoms with Crippen molar-refractivity contribution in [1.29, 1.82) is 0 Å². The Morgan fingerprint density at radius 3 is 3.06 bits per heavy atom. The molecule has 2 rings (SSSR count). The van der Waals surface area contributed by atoms with E-state index in [1.807, 2.05) is 18.2 Å². The molecule has 2 aromatic heterocycles. The smallest absolute Gasteiger partial charge is 0.270 e. The molecule has 5 nitrogen and oxygen atoms in total. The largest absolute Gasteiger partial charge is 0.343 e. The van der Waals surface area contributed by atoms with Crippen molar-refractivity contribution in [2.24, 2.45) is 0 Å². The van der Waals surface area contributed by atoms with Gasteiger partial charge in [0.2, 0.25) is 0 Å². The standard InChI is InChI=1S/C12H16N4OS/c1-2-3-8-16-11(17)14-15-12(16)18-9-10-6-4-5-7-13-10/h4-7H,2-3,8-9H2,1H3,(H,14,17). The highest BCUT2D eigenvalue weighted by Crippen LogP contribution is 2.18. The lowest BCUT2D eigenvalue weighted by molar-refractivity contribution is 0.573. The number of hydrogen-bond acceptors (Lipinski definition) is 4. The molecule has 6 heteroatoms. The Labute approximate surface area is 110 Å². The zero-order chi connectivity index (χ0) is 12.8. The van der Waals surface area contributed by atoms with Gasteiger partial charge in [-0.2, -0.15) is 0 Å². The quantitative estimate of drug-likeness (QED) is 0.811. The molecule has 0 aliphatic carbocycles. The molecule has 0 aliphatic rings. The van der Waals surface area contributed by atoms with Gasteiger partial charge >= 0.3 is 5.69 Å². The minimum Gasteiger partial charge on any atom is -0.270 e. The number of H-pyrrole nitrogens is 1. The predicted molar refractivity (Wildman–Crippen MR) is 71.6 cm³/mol. The van der Waals surface area contributed by atoms with E-state index in [0.29, 0.717) is 0 Å². The van der Waals surface area contributed by atoms with Crippen LogP contribution in [-0.2, 0) is 12.3 Å². The summed E-state index contributed by atoms with van der Waals surface area (Å²) in [4.78, 5) is 15.8. The lowest BCUT2D eigenvalue weighted by Crippen LogP contribution is -2.17. The van der Waals surface area contributed by atoms with Crippen molar-refractivity contribution in [2.45, 2.75) is 37.2 Å². The van der Waals surface area contributed by atoms with Crippen molar-refractivity contribution in [3.8, 4) is 0 Å². The van der Waals surface area contributed by atoms with Crippen LogP contribution in [0.15, 0.2) is 34.3 Å². The topological polar surface area (TPSA) is 63.6 Å². The molecule has 18 heavy (non-hydrogen) atoms. The molecule has 0 fully saturated rings. The zero-order valence-corrected chi connectivity index (χ0v) is 11.1. The molecule has 0 amide bonds. The number of unbranched alkanes of at least 4 members (excludes halogenated alkanes) is 1. The lowest BCUT2D eigenvalue weighted by Gasteiger charge is -2.03. The van der Waals surface area contributed by atoms with Crippen LogP contribution in [-0.4, -0.2) is 19.7 Å². The van der Waals surface area contributed by atoms with Crippen LogP contribution >= 0.6 is 11.8 Å². The van der Waals surface area contributed by atoms with E-state index in [1.54, 1.807) is 10.8 Å². The molecule has 0 unspecified atom stereocenters. The number of rotatable bonds is 6. The summed E-state index contributed by atoms with van der Waals surface area (Å²) in [6.45, 7) is 2.82. The Hall–Kier alpha value is -1.56. The maximum Gasteiger partial charge on any atom is 0.343 e. The number of aromatic nitrogens is 4. The third-order valence-corrected chi connectivity index (χ3v) is 3.54. The van der Waals surface area contributed by atoms with Gasteiger partial charge in [0.25, 0.3) is 0 Å². The van der Waals surface area contributed by atoms with Gasteiger partial charge in [-0.25, -0.2) is 9.89 Å². The summed E-state index contributed by atoms with van der Waals surface area (Å²) < 4.78 is 1.69. The minimum absolute atomic E-state index is 0.132. The van der Waals surface area contributed by atoms with Gasteiger partial charge in [0, 0.05) is 18.5 Å². The van der Waals surface area contributed by atoms with Crippen LogP contribution in [0, 0.1) is 0 Å². The van der Waals surface area contributed by atoms with Crippen LogP contribution in [0.3, 0.4) is 0 Å². The molecule has 0 spiro atoms. The molecule has 0 atom stereocenters. The van der Waals surface area contributed by atoms with Gasteiger partial charge in [0.05, 0.1) is 5.69 Å². The van der Waals surface area contributed by atoms with Crippen LogP contribution in [0.4, 0.5) is 0 Å². The summed E-state index contributed by atoms with van der Waals surface area (Å²) in [6.07, 6.45) is 3.81. The number of hydrogen-bond donors (Lipinski definition) is 1. The molecule has 0 saturated heterocycles. The molecule has 96 valence electrons. The van der Waals surface area contributed by atoms with Gasteiger partial charge in [0.1, 0.15) is 0 Å². The number of pyridine rings is 1. The van der Waals surface area contributed by atoms with Gasteiger partial charge in [0.15, 0.2) is 5.16 Å². The fourth-order valence-electron chi connectivity index (χ4n) is 1.55. The minimum atomic E-state index is -0.132. The second-order valence-corrected chi connectivity index (χ2v) is 4.87. The summed E-state index contributed by atoms with van der Waals surface area (Å²) in [6, 6.07) is 5.81. The summed E-state index contributed by atoms with van der Waals surface area (Å²) >= 11 is 1.53. The van der Waals surface area contributed by atoms with E-state index in [2.05, 4.69) is 22.1 Å². The molecule has 1 N–H and O–H groups in total. The molecule has 0 aromatic carbocycles. The Kier molecular flexibility index (Phi) is 4.58. The predicted octanol–water partition coefficient (Wildman–Crippen LogP) is 2.06. The number of thioether (sulfide) groups is 1. The SMILES string of the molecule is CCCCn1c(SCc2ccccn2)n[nH]c1=O. The molecule has 0 radical (unpaired) electrons. The first-order valence-electron chi connectivity index (χ1n) is 5.99. The average molecular weight is 264 g/mol. The first-order valence-corrected chi connectivity index (χ1v) is 6.97. The maximum absolute atomic E-state index is 11.6. The first kappa shape index (κ1) is 12.9. The van der Waals surface area contributed by atoms with E-state index in [1.165, 1.54) is 11.8 Å². The van der Waals surface area contributed by atoms with Crippen LogP contribution in [0.1, 0.15) is 25.5 Å². The molecule has 0 saturated carbocycles. The van der Waals surface area contributed by atoms with Gasteiger partial charge in [-0.15, -0.1) is 5.10 Å². The van der Waals surface area contributed by atoms with Crippen molar-refractivity contribution >= 4 is 11.8 Å². The van der Waals surface area contributed by atoms with Crippen molar-refractivity contribution < 1.29 is 0 Å². The third-order valence-electron chi connectivity index (χ3n) is 2.53. The average Bonchev–Trinajstić information content (AvgIpc) is 2.76. The summed E-state index contributed by atoms with van der Waals surface area (Å²) in [5.74, 6) is 0.720. The van der Waals surface area contributed by atoms with Crippen molar-refractivity contribution in [2.75, 3.05) is 0 Å². The molecular formula is C12H16N4OS. The Morgan fingerprint density at radius 1 is 1.44 bits per heavy atom. The summed E-state index contributed by atoms with van der Waals surface area (Å²) in [5.41, 5.74) is 0.854. The second kappa shape index (κ2) is 6.39. The van der Waals surface area contributed by atoms with Crippen LogP contribution in [0.2, 0.25) is 0 Å². The first-order chi connectivity index (χ1) is 8.81. The van der Waals surface area contributed by atoms with Crippen LogP contribution < -0.4 is 5.69 Å². The number of nitrogens with zero attached hydrogens (tertiary/aromatic N) is 3. The van der Waals surface area contributed by atoms with E-state index in [9.17, 15) is 4.79 Å². The van der Waals surface area contributed by atoms with E-state index in [0.717, 1.165) is 36.0 Å². The fourth-order valence-corrected chi connectivity index (χ4v) is 2.44. The van der Waals surface area contributed by atoms with Crippen molar-refractivity contribution in [3.63, 3.8) is 0 Å². The Bertz CT molecular complexity index is 535. The number of aromatic amines is 1. The van der Waals surface area contributed by atoms with E-state index >= 15 is 0 Å². The maximum atomic E-state index is 11.6. The molecule has 0 bridgehead atoms. The monoisotopic (exact) mass is 264 g/mol. The summed E-state index contributed by atoms with van der Waals surface area (Å²) in [7, 11) is 0. The van der Waals surface area contributed by atoms with Crippen molar-refractivity contribution in [1.82, 2.24) is 19.7 Å². The van der Waals surface area contributed by atoms with Gasteiger partial charge in [-0.1, -0.05) is 31.2 Å². The molecule has 2 aromatic rings. The lowest BCUT2D eigenvalue weighted by atomic mass is 10.3. The fraction of sp³-hybridized carbons (Fsp3) is 0.417. The van der Waals surface area contributed by atoms with E-state index < -0.39 is 0 Å². The Morgan fingerprint density at radius 2 is 2.33 bits per heavy atom. The van der Waals surface area contributed by atoms with Crippen molar-refractivity contribution in [3.05, 3.63) is 40.6 Å². The van der Waals surface area contributed by atoms with Crippen LogP contribution in [0.5, 0.6) is 0 Å². The normalized spacial score (nSPS) is 10.7. The molecule has 0 aliphatic heterocycles. The van der Waals surface area contributed by atoms with E-state index in [4.69, 9.17) is 0 Å². The number of nitrogens with one attached hydrogen (secondary N) is 1. The Balaban J connectivity index is 2.03. The highest BCUT2D eigenvalue weighted by molar-refractivity contribution is 7.98. The molecule has 2 heterocycles. The van der Waals surface area contributed by atoms with Gasteiger partial charge in [-0.05, 0) is 18.6 Å². The van der Waals surface area contributed by atoms with Gasteiger partial charge in [-0.3, -0.25) is 9.55 Å².